The van der Waals surface area contributed by atoms with Crippen LogP contribution in [-0.4, -0.2) is 19.5 Å². The van der Waals surface area contributed by atoms with Crippen LogP contribution in [0.2, 0.25) is 0 Å². The van der Waals surface area contributed by atoms with Crippen molar-refractivity contribution in [1.82, 2.24) is 14.5 Å². The van der Waals surface area contributed by atoms with Gasteiger partial charge in [0.2, 0.25) is 0 Å². The van der Waals surface area contributed by atoms with Crippen molar-refractivity contribution in [2.24, 2.45) is 0 Å². The van der Waals surface area contributed by atoms with Crippen LogP contribution in [0.3, 0.4) is 0 Å². The lowest BCUT2D eigenvalue weighted by Gasteiger charge is -2.07. The molecule has 3 rings (SSSR count). The van der Waals surface area contributed by atoms with Gasteiger partial charge in [-0.1, -0.05) is 0 Å². The first-order valence-corrected chi connectivity index (χ1v) is 6.09. The second-order valence-corrected chi connectivity index (χ2v) is 4.55. The van der Waals surface area contributed by atoms with Crippen molar-refractivity contribution in [2.45, 2.75) is 6.54 Å². The van der Waals surface area contributed by atoms with Gasteiger partial charge in [0.05, 0.1) is 16.0 Å². The molecule has 0 aliphatic rings. The molecule has 0 saturated heterocycles. The van der Waals surface area contributed by atoms with E-state index in [0.29, 0.717) is 17.6 Å². The Bertz CT molecular complexity index is 937. The number of hydrogen-bond acceptors (Lipinski definition) is 4. The summed E-state index contributed by atoms with van der Waals surface area (Å²) >= 11 is 0. The molecule has 0 saturated carbocycles. The van der Waals surface area contributed by atoms with Gasteiger partial charge in [-0.25, -0.2) is 0 Å². The molecule has 0 aliphatic heterocycles. The van der Waals surface area contributed by atoms with Crippen molar-refractivity contribution in [3.63, 3.8) is 0 Å². The molecule has 0 fully saturated rings. The topological polar surface area (TPSA) is 114 Å². The minimum atomic E-state index is -0.838. The quantitative estimate of drug-likeness (QED) is 0.424. The Morgan fingerprint density at radius 3 is 2.43 bits per heavy atom. The molecule has 0 unspecified atom stereocenters. The van der Waals surface area contributed by atoms with Crippen LogP contribution >= 0.6 is 0 Å². The monoisotopic (exact) mass is 286 g/mol. The van der Waals surface area contributed by atoms with Gasteiger partial charge in [-0.05, 0) is 12.1 Å². The summed E-state index contributed by atoms with van der Waals surface area (Å²) < 4.78 is 1.81. The molecule has 0 radical (unpaired) electrons. The van der Waals surface area contributed by atoms with Gasteiger partial charge >= 0.3 is 11.1 Å². The summed E-state index contributed by atoms with van der Waals surface area (Å²) in [6.45, 7) is 0.340. The molecule has 0 spiro atoms. The number of non-ortho nitro benzene ring substituents is 1. The van der Waals surface area contributed by atoms with E-state index in [-0.39, 0.29) is 11.2 Å². The van der Waals surface area contributed by atoms with Crippen LogP contribution in [0.25, 0.3) is 11.0 Å². The largest absolute Gasteiger partial charge is 0.350 e. The van der Waals surface area contributed by atoms with Crippen LogP contribution in [0.4, 0.5) is 5.69 Å². The lowest BCUT2D eigenvalue weighted by atomic mass is 10.1. The van der Waals surface area contributed by atoms with Crippen LogP contribution in [0.15, 0.2) is 46.2 Å². The van der Waals surface area contributed by atoms with Crippen LogP contribution in [0, 0.1) is 10.1 Å². The van der Waals surface area contributed by atoms with Crippen LogP contribution < -0.4 is 11.1 Å². The second kappa shape index (κ2) is 4.75. The number of benzene rings is 1. The molecule has 2 aromatic heterocycles. The molecule has 2 heterocycles. The van der Waals surface area contributed by atoms with E-state index in [9.17, 15) is 19.7 Å². The highest BCUT2D eigenvalue weighted by Crippen LogP contribution is 2.22. The van der Waals surface area contributed by atoms with Gasteiger partial charge in [0.1, 0.15) is 0 Å². The van der Waals surface area contributed by atoms with E-state index >= 15 is 0 Å². The smallest absolute Gasteiger partial charge is 0.314 e. The summed E-state index contributed by atoms with van der Waals surface area (Å²) in [7, 11) is 0. The Balaban J connectivity index is 2.28. The average Bonchev–Trinajstić information content (AvgIpc) is 2.93. The van der Waals surface area contributed by atoms with E-state index in [1.165, 1.54) is 12.1 Å². The van der Waals surface area contributed by atoms with E-state index in [4.69, 9.17) is 0 Å². The molecule has 8 heteroatoms. The zero-order valence-corrected chi connectivity index (χ0v) is 10.7. The predicted octanol–water partition coefficient (Wildman–Crippen LogP) is 0.974. The molecule has 3 aromatic rings. The van der Waals surface area contributed by atoms with Gasteiger partial charge in [0, 0.05) is 36.6 Å². The fourth-order valence-corrected chi connectivity index (χ4v) is 2.18. The fraction of sp³-hybridized carbons (Fsp3) is 0.0769. The van der Waals surface area contributed by atoms with E-state index in [1.54, 1.807) is 12.4 Å². The van der Waals surface area contributed by atoms with E-state index in [0.717, 1.165) is 0 Å². The van der Waals surface area contributed by atoms with Gasteiger partial charge in [-0.15, -0.1) is 0 Å². The molecule has 0 amide bonds. The molecule has 1 aromatic carbocycles. The summed E-state index contributed by atoms with van der Waals surface area (Å²) in [6.07, 6.45) is 3.60. The maximum atomic E-state index is 11.5. The van der Waals surface area contributed by atoms with Gasteiger partial charge < -0.3 is 14.5 Å². The first-order chi connectivity index (χ1) is 10.0. The highest BCUT2D eigenvalue weighted by atomic mass is 16.6. The third-order valence-electron chi connectivity index (χ3n) is 3.13. The van der Waals surface area contributed by atoms with E-state index < -0.39 is 16.0 Å². The number of nitro groups is 1. The first-order valence-electron chi connectivity index (χ1n) is 6.09. The highest BCUT2D eigenvalue weighted by Gasteiger charge is 2.14. The molecule has 106 valence electrons. The van der Waals surface area contributed by atoms with Crippen molar-refractivity contribution >= 4 is 16.7 Å². The predicted molar refractivity (Wildman–Crippen MR) is 75.4 cm³/mol. The maximum Gasteiger partial charge on any atom is 0.314 e. The second-order valence-electron chi connectivity index (χ2n) is 4.55. The zero-order valence-electron chi connectivity index (χ0n) is 10.7. The van der Waals surface area contributed by atoms with Gasteiger partial charge in [0.25, 0.3) is 5.69 Å². The SMILES string of the molecule is O=c1[nH]c2cc([N+](=O)[O-])cc(Cn3cccc3)c2[nH]c1=O. The van der Waals surface area contributed by atoms with Crippen molar-refractivity contribution in [3.05, 3.63) is 73.0 Å². The number of rotatable bonds is 3. The van der Waals surface area contributed by atoms with Crippen molar-refractivity contribution < 1.29 is 4.92 Å². The standard InChI is InChI=1S/C13H10N4O4/c18-12-13(19)15-11-8(7-16-3-1-2-4-16)5-9(17(20)21)6-10(11)14-12/h1-6H,7H2,(H,14,18)(H,15,19). The van der Waals surface area contributed by atoms with Crippen LogP contribution in [0.1, 0.15) is 5.56 Å². The first kappa shape index (κ1) is 12.9. The molecule has 0 bridgehead atoms. The molecule has 0 aliphatic carbocycles. The Kier molecular flexibility index (Phi) is 2.90. The number of aromatic amines is 2. The van der Waals surface area contributed by atoms with Crippen molar-refractivity contribution in [2.75, 3.05) is 0 Å². The summed E-state index contributed by atoms with van der Waals surface area (Å²) in [4.78, 5) is 38.1. The summed E-state index contributed by atoms with van der Waals surface area (Å²) in [5.74, 6) is 0. The Morgan fingerprint density at radius 1 is 1.10 bits per heavy atom. The number of H-pyrrole nitrogens is 2. The summed E-state index contributed by atoms with van der Waals surface area (Å²) in [5.41, 5.74) is -0.606. The van der Waals surface area contributed by atoms with Crippen LogP contribution in [-0.2, 0) is 6.54 Å². The molecule has 2 N–H and O–H groups in total. The lowest BCUT2D eigenvalue weighted by molar-refractivity contribution is -0.384. The third-order valence-corrected chi connectivity index (χ3v) is 3.13. The maximum absolute atomic E-state index is 11.5. The fourth-order valence-electron chi connectivity index (χ4n) is 2.18. The summed E-state index contributed by atoms with van der Waals surface area (Å²) in [5, 5.41) is 11.0. The van der Waals surface area contributed by atoms with Crippen molar-refractivity contribution in [1.29, 1.82) is 0 Å². The number of nitro benzene ring substituents is 1. The Labute approximate surface area is 116 Å². The molecular weight excluding hydrogens is 276 g/mol. The number of nitrogens with one attached hydrogen (secondary N) is 2. The number of hydrogen-bond donors (Lipinski definition) is 2. The molecular formula is C13H10N4O4. The van der Waals surface area contributed by atoms with Crippen molar-refractivity contribution in [3.8, 4) is 0 Å². The van der Waals surface area contributed by atoms with Gasteiger partial charge in [0.15, 0.2) is 0 Å². The minimum Gasteiger partial charge on any atom is -0.350 e. The zero-order chi connectivity index (χ0) is 15.0. The molecule has 21 heavy (non-hydrogen) atoms. The normalized spacial score (nSPS) is 10.9. The Hall–Kier alpha value is -3.16. The van der Waals surface area contributed by atoms with Gasteiger partial charge in [-0.3, -0.25) is 19.7 Å². The highest BCUT2D eigenvalue weighted by molar-refractivity contribution is 5.80. The van der Waals surface area contributed by atoms with E-state index in [2.05, 4.69) is 9.97 Å². The molecule has 0 atom stereocenters. The minimum absolute atomic E-state index is 0.146. The molecule has 8 nitrogen and oxygen atoms in total. The number of fused-ring (bicyclic) bond motifs is 1. The lowest BCUT2D eigenvalue weighted by Crippen LogP contribution is -2.29. The average molecular weight is 286 g/mol. The number of nitrogens with zero attached hydrogens (tertiary/aromatic N) is 2. The van der Waals surface area contributed by atoms with Crippen LogP contribution in [0.5, 0.6) is 0 Å². The number of aromatic nitrogens is 3. The summed E-state index contributed by atoms with van der Waals surface area (Å²) in [6, 6.07) is 6.26. The van der Waals surface area contributed by atoms with Gasteiger partial charge in [-0.2, -0.15) is 0 Å². The third kappa shape index (κ3) is 2.34. The Morgan fingerprint density at radius 2 is 1.76 bits per heavy atom. The van der Waals surface area contributed by atoms with E-state index in [1.807, 2.05) is 16.7 Å².